The number of likely N-dealkylation sites (N-methyl/N-ethyl adjacent to an activating group) is 1. The molecular weight excluding hydrogens is 654 g/mol. The first kappa shape index (κ1) is 33.2. The highest BCUT2D eigenvalue weighted by Crippen LogP contribution is 2.44. The van der Waals surface area contributed by atoms with E-state index in [9.17, 15) is 49.8 Å². The van der Waals surface area contributed by atoms with Crippen LogP contribution in [0.25, 0.3) is 11.0 Å². The van der Waals surface area contributed by atoms with E-state index < -0.39 is 71.0 Å². The molecule has 246 valence electrons. The Morgan fingerprint density at radius 3 is 2.33 bits per heavy atom. The number of anilines is 1. The van der Waals surface area contributed by atoms with Crippen molar-refractivity contribution in [1.82, 2.24) is 19.4 Å². The Hall–Kier alpha value is -4.15. The summed E-state index contributed by atoms with van der Waals surface area (Å²) < 4.78 is 111. The van der Waals surface area contributed by atoms with Gasteiger partial charge >= 0.3 is 18.0 Å². The van der Waals surface area contributed by atoms with Crippen LogP contribution in [0.5, 0.6) is 0 Å². The molecule has 1 aliphatic rings. The third-order valence-electron chi connectivity index (χ3n) is 7.37. The predicted octanol–water partition coefficient (Wildman–Crippen LogP) is 5.81. The van der Waals surface area contributed by atoms with Crippen LogP contribution < -0.4 is 16.3 Å². The van der Waals surface area contributed by atoms with E-state index in [1.165, 1.54) is 6.07 Å². The summed E-state index contributed by atoms with van der Waals surface area (Å²) in [6, 6.07) is 4.20. The summed E-state index contributed by atoms with van der Waals surface area (Å²) in [4.78, 5) is 28.7. The van der Waals surface area contributed by atoms with Crippen molar-refractivity contribution in [3.05, 3.63) is 97.4 Å². The summed E-state index contributed by atoms with van der Waals surface area (Å²) in [6.07, 6.45) is -12.0. The van der Waals surface area contributed by atoms with Gasteiger partial charge in [-0.15, -0.1) is 0 Å². The normalized spacial score (nSPS) is 15.8. The van der Waals surface area contributed by atoms with Gasteiger partial charge in [0.25, 0.3) is 5.91 Å². The molecule has 46 heavy (non-hydrogen) atoms. The first-order valence-corrected chi connectivity index (χ1v) is 13.8. The zero-order chi connectivity index (χ0) is 33.9. The van der Waals surface area contributed by atoms with E-state index in [1.54, 1.807) is 19.0 Å². The number of fused-ring (bicyclic) bond motifs is 3. The molecule has 4 aromatic rings. The second kappa shape index (κ2) is 11.9. The summed E-state index contributed by atoms with van der Waals surface area (Å²) >= 11 is 6.33. The minimum absolute atomic E-state index is 0.00678. The van der Waals surface area contributed by atoms with Gasteiger partial charge in [0.05, 0.1) is 28.2 Å². The molecule has 2 heterocycles. The topological polar surface area (TPSA) is 91.5 Å². The molecule has 0 bridgehead atoms. The largest absolute Gasteiger partial charge is 0.416 e. The highest BCUT2D eigenvalue weighted by Gasteiger charge is 2.40. The monoisotopic (exact) mass is 677 g/mol. The molecule has 0 saturated carbocycles. The van der Waals surface area contributed by atoms with E-state index in [2.05, 4.69) is 10.6 Å². The zero-order valence-corrected chi connectivity index (χ0v) is 24.6. The predicted molar refractivity (Wildman–Crippen MR) is 152 cm³/mol. The Kier molecular flexibility index (Phi) is 8.59. The van der Waals surface area contributed by atoms with Crippen LogP contribution in [0.15, 0.2) is 47.3 Å². The van der Waals surface area contributed by atoms with E-state index in [0.29, 0.717) is 16.7 Å². The lowest BCUT2D eigenvalue weighted by Crippen LogP contribution is -2.32. The van der Waals surface area contributed by atoms with Crippen molar-refractivity contribution >= 4 is 34.2 Å². The number of carbonyl (C=O) groups is 1. The molecule has 3 N–H and O–H groups in total. The number of nitrogens with zero attached hydrogens (tertiary/aromatic N) is 3. The Bertz CT molecular complexity index is 1900. The maximum absolute atomic E-state index is 14.4. The number of hydrogen-bond acceptors (Lipinski definition) is 5. The second-order valence-electron chi connectivity index (χ2n) is 10.9. The molecule has 17 heteroatoms. The molecule has 5 rings (SSSR count). The molecule has 1 aromatic heterocycles. The number of aliphatic hydroxyl groups excluding tert-OH is 1. The van der Waals surface area contributed by atoms with E-state index in [1.807, 2.05) is 0 Å². The lowest BCUT2D eigenvalue weighted by molar-refractivity contribution is -0.140. The Labute approximate surface area is 259 Å². The summed E-state index contributed by atoms with van der Waals surface area (Å²) in [5.41, 5.74) is -4.50. The SMILES string of the molecule is CN(C)CCn1c(=O)n(CC(F)(F)F)c2cc(NC(O)c3cc(F)cc(C(F)(F)F)c3)c3c(c21)C(=O)NC3c1cc(F)ccc1Cl. The molecular formula is C29H24ClF8N5O3. The van der Waals surface area contributed by atoms with E-state index in [-0.39, 0.29) is 52.1 Å². The molecule has 1 aliphatic heterocycles. The van der Waals surface area contributed by atoms with Gasteiger partial charge in [-0.25, -0.2) is 13.6 Å². The molecule has 3 aromatic carbocycles. The molecule has 2 atom stereocenters. The third kappa shape index (κ3) is 6.41. The highest BCUT2D eigenvalue weighted by atomic mass is 35.5. The van der Waals surface area contributed by atoms with Crippen LogP contribution in [0.3, 0.4) is 0 Å². The number of imidazole rings is 1. The van der Waals surface area contributed by atoms with Crippen molar-refractivity contribution in [3.63, 3.8) is 0 Å². The summed E-state index contributed by atoms with van der Waals surface area (Å²) in [5, 5.41) is 16.0. The van der Waals surface area contributed by atoms with Gasteiger partial charge in [0.15, 0.2) is 6.23 Å². The standard InChI is InChI=1S/C29H24ClF8N5O3/c1-41(2)5-6-42-24-20(43(27(42)46)12-28(33,34)35)11-19(39-25(44)13-7-14(29(36,37)38)9-16(32)8-13)21-22(24)26(45)40-23(21)17-10-15(31)3-4-18(17)30/h3-4,7-11,23,25,39,44H,5-6,12H2,1-2H3,(H,40,45). The Balaban J connectivity index is 1.80. The van der Waals surface area contributed by atoms with Crippen molar-refractivity contribution in [3.8, 4) is 0 Å². The number of benzene rings is 3. The van der Waals surface area contributed by atoms with Crippen LogP contribution in [0.2, 0.25) is 5.02 Å². The fourth-order valence-electron chi connectivity index (χ4n) is 5.39. The number of carbonyl (C=O) groups excluding carboxylic acids is 1. The van der Waals surface area contributed by atoms with Gasteiger partial charge in [-0.3, -0.25) is 13.9 Å². The first-order chi connectivity index (χ1) is 21.4. The van der Waals surface area contributed by atoms with Gasteiger partial charge in [-0.1, -0.05) is 11.6 Å². The van der Waals surface area contributed by atoms with Gasteiger partial charge in [0, 0.05) is 40.5 Å². The Morgan fingerprint density at radius 1 is 1.00 bits per heavy atom. The van der Waals surface area contributed by atoms with Crippen molar-refractivity contribution in [2.75, 3.05) is 26.0 Å². The van der Waals surface area contributed by atoms with Gasteiger partial charge in [-0.2, -0.15) is 26.3 Å². The van der Waals surface area contributed by atoms with Crippen LogP contribution in [-0.4, -0.2) is 51.9 Å². The van der Waals surface area contributed by atoms with Crippen LogP contribution in [0.1, 0.15) is 44.9 Å². The number of aliphatic hydroxyl groups is 1. The molecule has 0 fully saturated rings. The zero-order valence-electron chi connectivity index (χ0n) is 23.8. The number of aromatic nitrogens is 2. The quantitative estimate of drug-likeness (QED) is 0.162. The molecule has 0 radical (unpaired) electrons. The smallest absolute Gasteiger partial charge is 0.369 e. The van der Waals surface area contributed by atoms with Gasteiger partial charge in [-0.05, 0) is 56.6 Å². The van der Waals surface area contributed by atoms with Crippen molar-refractivity contribution < 1.29 is 45.0 Å². The van der Waals surface area contributed by atoms with E-state index in [0.717, 1.165) is 22.8 Å². The number of alkyl halides is 6. The van der Waals surface area contributed by atoms with Crippen LogP contribution in [0, 0.1) is 11.6 Å². The van der Waals surface area contributed by atoms with Crippen molar-refractivity contribution in [1.29, 1.82) is 0 Å². The minimum Gasteiger partial charge on any atom is -0.369 e. The average Bonchev–Trinajstić information content (AvgIpc) is 3.41. The number of halogens is 9. The van der Waals surface area contributed by atoms with Crippen LogP contribution >= 0.6 is 11.6 Å². The Morgan fingerprint density at radius 2 is 1.70 bits per heavy atom. The lowest BCUT2D eigenvalue weighted by Gasteiger charge is -2.22. The molecule has 1 amide bonds. The average molecular weight is 678 g/mol. The second-order valence-corrected chi connectivity index (χ2v) is 11.3. The lowest BCUT2D eigenvalue weighted by atomic mass is 9.94. The van der Waals surface area contributed by atoms with E-state index in [4.69, 9.17) is 11.6 Å². The maximum atomic E-state index is 14.4. The molecule has 8 nitrogen and oxygen atoms in total. The third-order valence-corrected chi connectivity index (χ3v) is 7.71. The van der Waals surface area contributed by atoms with Crippen molar-refractivity contribution in [2.45, 2.75) is 37.7 Å². The number of hydrogen-bond donors (Lipinski definition) is 3. The summed E-state index contributed by atoms with van der Waals surface area (Å²) in [5.74, 6) is -3.00. The van der Waals surface area contributed by atoms with Gasteiger partial charge in [0.1, 0.15) is 18.2 Å². The summed E-state index contributed by atoms with van der Waals surface area (Å²) in [7, 11) is 3.30. The van der Waals surface area contributed by atoms with Crippen LogP contribution in [-0.2, 0) is 19.3 Å². The van der Waals surface area contributed by atoms with Crippen LogP contribution in [0.4, 0.5) is 40.8 Å². The summed E-state index contributed by atoms with van der Waals surface area (Å²) in [6.45, 7) is -1.75. The maximum Gasteiger partial charge on any atom is 0.416 e. The number of rotatable bonds is 8. The number of nitrogens with one attached hydrogen (secondary N) is 2. The molecule has 2 unspecified atom stereocenters. The number of amides is 1. The minimum atomic E-state index is -4.99. The fourth-order valence-corrected chi connectivity index (χ4v) is 5.62. The molecule has 0 spiro atoms. The van der Waals surface area contributed by atoms with E-state index >= 15 is 0 Å². The van der Waals surface area contributed by atoms with Gasteiger partial charge in [0.2, 0.25) is 0 Å². The molecule has 0 saturated heterocycles. The molecule has 0 aliphatic carbocycles. The van der Waals surface area contributed by atoms with Gasteiger partial charge < -0.3 is 20.6 Å². The highest BCUT2D eigenvalue weighted by molar-refractivity contribution is 6.31. The van der Waals surface area contributed by atoms with Crippen molar-refractivity contribution in [2.24, 2.45) is 0 Å². The fraction of sp³-hybridized carbons (Fsp3) is 0.310. The first-order valence-electron chi connectivity index (χ1n) is 13.4.